The molecule has 2 rings (SSSR count). The highest BCUT2D eigenvalue weighted by atomic mass is 16.5. The molecular formula is C18H25NO3. The van der Waals surface area contributed by atoms with Crippen molar-refractivity contribution in [3.8, 4) is 5.75 Å². The molecule has 4 nitrogen and oxygen atoms in total. The highest BCUT2D eigenvalue weighted by molar-refractivity contribution is 5.78. The number of benzene rings is 1. The minimum Gasteiger partial charge on any atom is -0.490 e. The van der Waals surface area contributed by atoms with E-state index >= 15 is 0 Å². The van der Waals surface area contributed by atoms with Crippen molar-refractivity contribution in [3.05, 3.63) is 41.5 Å². The van der Waals surface area contributed by atoms with Crippen molar-refractivity contribution >= 4 is 5.91 Å². The molecule has 0 spiro atoms. The maximum atomic E-state index is 12.0. The lowest BCUT2D eigenvalue weighted by Crippen LogP contribution is -2.38. The van der Waals surface area contributed by atoms with Crippen LogP contribution in [0, 0.1) is 19.8 Å². The molecule has 22 heavy (non-hydrogen) atoms. The summed E-state index contributed by atoms with van der Waals surface area (Å²) in [6.07, 6.45) is 6.08. The van der Waals surface area contributed by atoms with Crippen LogP contribution in [0.4, 0.5) is 0 Å². The summed E-state index contributed by atoms with van der Waals surface area (Å²) in [7, 11) is 0. The van der Waals surface area contributed by atoms with E-state index in [1.165, 1.54) is 0 Å². The van der Waals surface area contributed by atoms with Crippen molar-refractivity contribution in [3.63, 3.8) is 0 Å². The molecule has 1 aliphatic rings. The molecule has 1 aliphatic carbocycles. The lowest BCUT2D eigenvalue weighted by Gasteiger charge is -2.19. The van der Waals surface area contributed by atoms with E-state index in [4.69, 9.17) is 4.74 Å². The number of carbonyl (C=O) groups is 1. The molecule has 1 amide bonds. The highest BCUT2D eigenvalue weighted by Crippen LogP contribution is 2.22. The second-order valence-corrected chi connectivity index (χ2v) is 5.91. The number of ether oxygens (including phenoxy) is 1. The molecule has 0 aliphatic heterocycles. The van der Waals surface area contributed by atoms with Gasteiger partial charge in [0.05, 0.1) is 0 Å². The van der Waals surface area contributed by atoms with E-state index in [0.29, 0.717) is 0 Å². The molecule has 2 atom stereocenters. The average Bonchev–Trinajstić information content (AvgIpc) is 2.53. The van der Waals surface area contributed by atoms with Gasteiger partial charge in [-0.05, 0) is 44.2 Å². The molecule has 2 N–H and O–H groups in total. The van der Waals surface area contributed by atoms with Crippen molar-refractivity contribution in [1.29, 1.82) is 0 Å². The third-order valence-electron chi connectivity index (χ3n) is 3.98. The SMILES string of the molecule is Cc1cccc(C)c1OC[C@@H](O)CNC(=O)[C@H]1CC=CCC1. The summed E-state index contributed by atoms with van der Waals surface area (Å²) in [5, 5.41) is 12.8. The van der Waals surface area contributed by atoms with E-state index in [1.54, 1.807) is 0 Å². The van der Waals surface area contributed by atoms with E-state index < -0.39 is 6.10 Å². The van der Waals surface area contributed by atoms with Crippen molar-refractivity contribution in [2.75, 3.05) is 13.2 Å². The monoisotopic (exact) mass is 303 g/mol. The number of nitrogens with one attached hydrogen (secondary N) is 1. The minimum absolute atomic E-state index is 0.0236. The second-order valence-electron chi connectivity index (χ2n) is 5.91. The summed E-state index contributed by atoms with van der Waals surface area (Å²) in [6, 6.07) is 5.94. The smallest absolute Gasteiger partial charge is 0.223 e. The van der Waals surface area contributed by atoms with Gasteiger partial charge < -0.3 is 15.2 Å². The molecule has 0 radical (unpaired) electrons. The quantitative estimate of drug-likeness (QED) is 0.794. The topological polar surface area (TPSA) is 58.6 Å². The molecule has 0 bridgehead atoms. The number of aliphatic hydroxyl groups is 1. The van der Waals surface area contributed by atoms with Gasteiger partial charge in [-0.3, -0.25) is 4.79 Å². The maximum absolute atomic E-state index is 12.0. The zero-order valence-corrected chi connectivity index (χ0v) is 13.3. The summed E-state index contributed by atoms with van der Waals surface area (Å²) in [5.41, 5.74) is 2.09. The van der Waals surface area contributed by atoms with Crippen LogP contribution in [0.1, 0.15) is 30.4 Å². The minimum atomic E-state index is -0.706. The Morgan fingerprint density at radius 1 is 1.36 bits per heavy atom. The Balaban J connectivity index is 1.75. The molecule has 1 aromatic rings. The largest absolute Gasteiger partial charge is 0.490 e. The molecule has 0 unspecified atom stereocenters. The van der Waals surface area contributed by atoms with Crippen LogP contribution in [0.5, 0.6) is 5.75 Å². The molecule has 0 saturated heterocycles. The Hall–Kier alpha value is -1.81. The van der Waals surface area contributed by atoms with Gasteiger partial charge in [0.25, 0.3) is 0 Å². The summed E-state index contributed by atoms with van der Waals surface area (Å²) < 4.78 is 5.69. The fraction of sp³-hybridized carbons (Fsp3) is 0.500. The number of hydrogen-bond acceptors (Lipinski definition) is 3. The fourth-order valence-electron chi connectivity index (χ4n) is 2.66. The summed E-state index contributed by atoms with van der Waals surface area (Å²) in [5.74, 6) is 0.873. The average molecular weight is 303 g/mol. The molecule has 0 aromatic heterocycles. The standard InChI is InChI=1S/C18H25NO3/c1-13-7-6-8-14(2)17(13)22-12-16(20)11-19-18(21)15-9-4-3-5-10-15/h3-4,6-8,15-16,20H,5,9-12H2,1-2H3,(H,19,21)/t15-,16-/m0/s1. The van der Waals surface area contributed by atoms with Gasteiger partial charge in [-0.1, -0.05) is 30.4 Å². The Kier molecular flexibility index (Phi) is 6.01. The predicted octanol–water partition coefficient (Wildman–Crippen LogP) is 2.52. The van der Waals surface area contributed by atoms with Crippen LogP contribution in [-0.4, -0.2) is 30.3 Å². The number of rotatable bonds is 6. The Morgan fingerprint density at radius 2 is 2.09 bits per heavy atom. The van der Waals surface area contributed by atoms with Gasteiger partial charge in [-0.2, -0.15) is 0 Å². The van der Waals surface area contributed by atoms with Crippen molar-refractivity contribution < 1.29 is 14.6 Å². The lowest BCUT2D eigenvalue weighted by atomic mass is 9.94. The van der Waals surface area contributed by atoms with Crippen molar-refractivity contribution in [2.24, 2.45) is 5.92 Å². The summed E-state index contributed by atoms with van der Waals surface area (Å²) in [4.78, 5) is 12.0. The van der Waals surface area contributed by atoms with E-state index in [0.717, 1.165) is 36.1 Å². The van der Waals surface area contributed by atoms with Crippen LogP contribution in [0.2, 0.25) is 0 Å². The van der Waals surface area contributed by atoms with Crippen molar-refractivity contribution in [1.82, 2.24) is 5.32 Å². The Bertz CT molecular complexity index is 519. The fourth-order valence-corrected chi connectivity index (χ4v) is 2.66. The number of para-hydroxylation sites is 1. The highest BCUT2D eigenvalue weighted by Gasteiger charge is 2.19. The van der Waals surface area contributed by atoms with Crippen LogP contribution in [0.3, 0.4) is 0 Å². The van der Waals surface area contributed by atoms with Gasteiger partial charge in [0.1, 0.15) is 18.5 Å². The zero-order chi connectivity index (χ0) is 15.9. The first-order chi connectivity index (χ1) is 10.6. The molecular weight excluding hydrogens is 278 g/mol. The molecule has 0 fully saturated rings. The number of amides is 1. The first-order valence-electron chi connectivity index (χ1n) is 7.87. The van der Waals surface area contributed by atoms with Gasteiger partial charge in [0, 0.05) is 12.5 Å². The van der Waals surface area contributed by atoms with Gasteiger partial charge >= 0.3 is 0 Å². The van der Waals surface area contributed by atoms with Crippen LogP contribution >= 0.6 is 0 Å². The van der Waals surface area contributed by atoms with Crippen LogP contribution in [0.25, 0.3) is 0 Å². The van der Waals surface area contributed by atoms with Gasteiger partial charge in [0.15, 0.2) is 0 Å². The maximum Gasteiger partial charge on any atom is 0.223 e. The van der Waals surface area contributed by atoms with Crippen molar-refractivity contribution in [2.45, 2.75) is 39.2 Å². The molecule has 1 aromatic carbocycles. The number of allylic oxidation sites excluding steroid dienone is 2. The normalized spacial score (nSPS) is 18.8. The van der Waals surface area contributed by atoms with Crippen LogP contribution < -0.4 is 10.1 Å². The molecule has 0 heterocycles. The number of aryl methyl sites for hydroxylation is 2. The summed E-state index contributed by atoms with van der Waals surface area (Å²) >= 11 is 0. The molecule has 120 valence electrons. The third-order valence-corrected chi connectivity index (χ3v) is 3.98. The predicted molar refractivity (Wildman–Crippen MR) is 86.9 cm³/mol. The Labute approximate surface area is 132 Å². The molecule has 4 heteroatoms. The zero-order valence-electron chi connectivity index (χ0n) is 13.3. The van der Waals surface area contributed by atoms with Gasteiger partial charge in [0.2, 0.25) is 5.91 Å². The van der Waals surface area contributed by atoms with Gasteiger partial charge in [-0.25, -0.2) is 0 Å². The van der Waals surface area contributed by atoms with Crippen LogP contribution in [0.15, 0.2) is 30.4 Å². The molecule has 0 saturated carbocycles. The van der Waals surface area contributed by atoms with E-state index in [9.17, 15) is 9.90 Å². The Morgan fingerprint density at radius 3 is 2.73 bits per heavy atom. The first-order valence-corrected chi connectivity index (χ1v) is 7.87. The first kappa shape index (κ1) is 16.6. The number of carbonyl (C=O) groups excluding carboxylic acids is 1. The number of hydrogen-bond donors (Lipinski definition) is 2. The number of aliphatic hydroxyl groups excluding tert-OH is 1. The lowest BCUT2D eigenvalue weighted by molar-refractivity contribution is -0.125. The second kappa shape index (κ2) is 7.99. The third kappa shape index (κ3) is 4.60. The van der Waals surface area contributed by atoms with E-state index in [-0.39, 0.29) is 25.0 Å². The van der Waals surface area contributed by atoms with Crippen LogP contribution in [-0.2, 0) is 4.79 Å². The summed E-state index contributed by atoms with van der Waals surface area (Å²) in [6.45, 7) is 4.36. The van der Waals surface area contributed by atoms with Gasteiger partial charge in [-0.15, -0.1) is 0 Å². The van der Waals surface area contributed by atoms with E-state index in [2.05, 4.69) is 11.4 Å². The van der Waals surface area contributed by atoms with E-state index in [1.807, 2.05) is 38.1 Å².